The molecule has 2 aromatic rings. The molecule has 0 bridgehead atoms. The van der Waals surface area contributed by atoms with Crippen molar-refractivity contribution in [3.8, 4) is 0 Å². The van der Waals surface area contributed by atoms with E-state index in [9.17, 15) is 0 Å². The average Bonchev–Trinajstić information content (AvgIpc) is 2.93. The number of rotatable bonds is 7. The van der Waals surface area contributed by atoms with Crippen molar-refractivity contribution in [3.63, 3.8) is 0 Å². The van der Waals surface area contributed by atoms with E-state index in [4.69, 9.17) is 23.2 Å². The van der Waals surface area contributed by atoms with E-state index in [1.807, 2.05) is 24.4 Å². The normalized spacial score (nSPS) is 12.0. The summed E-state index contributed by atoms with van der Waals surface area (Å²) in [6, 6.07) is 8.01. The summed E-state index contributed by atoms with van der Waals surface area (Å²) in [5, 5.41) is 0.804. The van der Waals surface area contributed by atoms with Crippen LogP contribution in [0.1, 0.15) is 55.6 Å². The molecule has 1 N–H and O–H groups in total. The minimum Gasteiger partial charge on any atom is -0.344 e. The lowest BCUT2D eigenvalue weighted by molar-refractivity contribution is 0.601. The highest BCUT2D eigenvalue weighted by molar-refractivity contribution is 6.31. The van der Waals surface area contributed by atoms with Crippen molar-refractivity contribution in [1.29, 1.82) is 0 Å². The van der Waals surface area contributed by atoms with Gasteiger partial charge in [-0.25, -0.2) is 4.98 Å². The van der Waals surface area contributed by atoms with Gasteiger partial charge in [-0.2, -0.15) is 0 Å². The van der Waals surface area contributed by atoms with Crippen molar-refractivity contribution in [2.75, 3.05) is 0 Å². The topological polar surface area (TPSA) is 28.7 Å². The molecule has 0 spiro atoms. The molecule has 0 aliphatic heterocycles. The molecule has 2 rings (SSSR count). The fourth-order valence-electron chi connectivity index (χ4n) is 2.42. The molecule has 0 radical (unpaired) electrons. The molecule has 2 nitrogen and oxygen atoms in total. The summed E-state index contributed by atoms with van der Waals surface area (Å²) in [4.78, 5) is 7.80. The third-order valence-corrected chi connectivity index (χ3v) is 4.13. The summed E-state index contributed by atoms with van der Waals surface area (Å²) in [5.74, 6) is 1.63. The number of hydrogen-bond donors (Lipinski definition) is 1. The SMILES string of the molecule is CCCCCC(c1ncc(CCl)[nH]1)c1ccccc1Cl.Cl. The van der Waals surface area contributed by atoms with Gasteiger partial charge in [-0.05, 0) is 18.1 Å². The van der Waals surface area contributed by atoms with Gasteiger partial charge in [-0.1, -0.05) is 56.0 Å². The molecule has 1 aromatic carbocycles. The van der Waals surface area contributed by atoms with Gasteiger partial charge in [0, 0.05) is 22.8 Å². The van der Waals surface area contributed by atoms with E-state index in [0.717, 1.165) is 28.5 Å². The lowest BCUT2D eigenvalue weighted by atomic mass is 9.92. The summed E-state index contributed by atoms with van der Waals surface area (Å²) in [7, 11) is 0. The molecule has 1 unspecified atom stereocenters. The van der Waals surface area contributed by atoms with Crippen molar-refractivity contribution in [1.82, 2.24) is 9.97 Å². The van der Waals surface area contributed by atoms with E-state index >= 15 is 0 Å². The molecule has 0 fully saturated rings. The maximum atomic E-state index is 6.35. The first-order valence-electron chi connectivity index (χ1n) is 7.10. The number of nitrogens with one attached hydrogen (secondary N) is 1. The van der Waals surface area contributed by atoms with Crippen LogP contribution in [-0.4, -0.2) is 9.97 Å². The van der Waals surface area contributed by atoms with Crippen molar-refractivity contribution in [2.45, 2.75) is 44.4 Å². The second-order valence-electron chi connectivity index (χ2n) is 5.00. The zero-order valence-corrected chi connectivity index (χ0v) is 14.4. The quantitative estimate of drug-likeness (QED) is 0.487. The van der Waals surface area contributed by atoms with Gasteiger partial charge in [0.25, 0.3) is 0 Å². The van der Waals surface area contributed by atoms with Crippen LogP contribution in [0.4, 0.5) is 0 Å². The van der Waals surface area contributed by atoms with Crippen LogP contribution in [0.5, 0.6) is 0 Å². The number of alkyl halides is 1. The van der Waals surface area contributed by atoms with E-state index in [1.165, 1.54) is 19.3 Å². The van der Waals surface area contributed by atoms with Crippen molar-refractivity contribution in [2.24, 2.45) is 0 Å². The number of nitrogens with zero attached hydrogens (tertiary/aromatic N) is 1. The minimum atomic E-state index is 0. The number of hydrogen-bond acceptors (Lipinski definition) is 1. The Kier molecular flexibility index (Phi) is 8.16. The highest BCUT2D eigenvalue weighted by Gasteiger charge is 2.19. The first kappa shape index (κ1) is 18.3. The molecule has 0 saturated carbocycles. The average molecular weight is 348 g/mol. The van der Waals surface area contributed by atoms with Gasteiger partial charge in [0.2, 0.25) is 0 Å². The summed E-state index contributed by atoms with van der Waals surface area (Å²) in [6.07, 6.45) is 6.46. The number of unbranched alkanes of at least 4 members (excludes halogenated alkanes) is 2. The van der Waals surface area contributed by atoms with Crippen molar-refractivity contribution >= 4 is 35.6 Å². The molecule has 0 saturated heterocycles. The maximum absolute atomic E-state index is 6.35. The van der Waals surface area contributed by atoms with Crippen LogP contribution in [0.15, 0.2) is 30.5 Å². The lowest BCUT2D eigenvalue weighted by Gasteiger charge is -2.16. The molecule has 0 amide bonds. The molecule has 1 heterocycles. The zero-order valence-electron chi connectivity index (χ0n) is 12.1. The smallest absolute Gasteiger partial charge is 0.113 e. The van der Waals surface area contributed by atoms with Gasteiger partial charge in [-0.3, -0.25) is 0 Å². The highest BCUT2D eigenvalue weighted by Crippen LogP contribution is 2.32. The molecule has 0 aliphatic rings. The fraction of sp³-hybridized carbons (Fsp3) is 0.438. The highest BCUT2D eigenvalue weighted by atomic mass is 35.5. The summed E-state index contributed by atoms with van der Waals surface area (Å²) in [6.45, 7) is 2.21. The molecule has 116 valence electrons. The first-order valence-corrected chi connectivity index (χ1v) is 8.01. The van der Waals surface area contributed by atoms with Crippen LogP contribution in [0.3, 0.4) is 0 Å². The summed E-state index contributed by atoms with van der Waals surface area (Å²) in [5.41, 5.74) is 2.09. The zero-order chi connectivity index (χ0) is 14.4. The second-order valence-corrected chi connectivity index (χ2v) is 5.67. The summed E-state index contributed by atoms with van der Waals surface area (Å²) < 4.78 is 0. The lowest BCUT2D eigenvalue weighted by Crippen LogP contribution is -2.04. The fourth-order valence-corrected chi connectivity index (χ4v) is 2.82. The Morgan fingerprint density at radius 3 is 2.62 bits per heavy atom. The predicted octanol–water partition coefficient (Wildman–Crippen LogP) is 5.94. The number of halogens is 3. The molecule has 21 heavy (non-hydrogen) atoms. The van der Waals surface area contributed by atoms with Crippen molar-refractivity contribution in [3.05, 3.63) is 52.6 Å². The van der Waals surface area contributed by atoms with Gasteiger partial charge >= 0.3 is 0 Å². The Hall–Kier alpha value is -0.700. The Bertz CT molecular complexity index is 540. The van der Waals surface area contributed by atoms with Gasteiger partial charge in [0.1, 0.15) is 5.82 Å². The standard InChI is InChI=1S/C16H20Cl2N2.ClH/c1-2-3-4-8-14(13-7-5-6-9-15(13)18)16-19-11-12(10-17)20-16;/h5-7,9,11,14H,2-4,8,10H2,1H3,(H,19,20);1H. The Morgan fingerprint density at radius 2 is 2.00 bits per heavy atom. The molecule has 1 aromatic heterocycles. The number of aromatic nitrogens is 2. The number of aromatic amines is 1. The Morgan fingerprint density at radius 1 is 1.24 bits per heavy atom. The van der Waals surface area contributed by atoms with Crippen LogP contribution in [0.2, 0.25) is 5.02 Å². The van der Waals surface area contributed by atoms with E-state index in [-0.39, 0.29) is 18.3 Å². The molecular weight excluding hydrogens is 327 g/mol. The number of imidazole rings is 1. The molecule has 0 aliphatic carbocycles. The van der Waals surface area contributed by atoms with Crippen LogP contribution < -0.4 is 0 Å². The van der Waals surface area contributed by atoms with E-state index in [1.54, 1.807) is 0 Å². The van der Waals surface area contributed by atoms with Gasteiger partial charge in [0.15, 0.2) is 0 Å². The van der Waals surface area contributed by atoms with Gasteiger partial charge in [0.05, 0.1) is 5.88 Å². The van der Waals surface area contributed by atoms with Crippen molar-refractivity contribution < 1.29 is 0 Å². The van der Waals surface area contributed by atoms with E-state index < -0.39 is 0 Å². The minimum absolute atomic E-state index is 0. The number of H-pyrrole nitrogens is 1. The third-order valence-electron chi connectivity index (χ3n) is 3.50. The largest absolute Gasteiger partial charge is 0.344 e. The van der Waals surface area contributed by atoms with Crippen LogP contribution >= 0.6 is 35.6 Å². The first-order chi connectivity index (χ1) is 9.76. The second kappa shape index (κ2) is 9.34. The molecule has 5 heteroatoms. The van der Waals surface area contributed by atoms with Crippen LogP contribution in [-0.2, 0) is 5.88 Å². The Balaban J connectivity index is 0.00000220. The summed E-state index contributed by atoms with van der Waals surface area (Å²) >= 11 is 12.2. The number of benzene rings is 1. The third kappa shape index (κ3) is 4.91. The Labute approximate surface area is 142 Å². The maximum Gasteiger partial charge on any atom is 0.113 e. The van der Waals surface area contributed by atoms with Gasteiger partial charge in [-0.15, -0.1) is 24.0 Å². The van der Waals surface area contributed by atoms with Crippen LogP contribution in [0, 0.1) is 0 Å². The van der Waals surface area contributed by atoms with Crippen LogP contribution in [0.25, 0.3) is 0 Å². The van der Waals surface area contributed by atoms with Gasteiger partial charge < -0.3 is 4.98 Å². The monoisotopic (exact) mass is 346 g/mol. The predicted molar refractivity (Wildman–Crippen MR) is 92.8 cm³/mol. The molecule has 1 atom stereocenters. The van der Waals surface area contributed by atoms with E-state index in [0.29, 0.717) is 5.88 Å². The molecular formula is C16H21Cl3N2. The van der Waals surface area contributed by atoms with E-state index in [2.05, 4.69) is 23.0 Å².